The molecule has 2 aromatic rings. The predicted molar refractivity (Wildman–Crippen MR) is 79.4 cm³/mol. The van der Waals surface area contributed by atoms with Crippen LogP contribution in [0.5, 0.6) is 0 Å². The number of anilines is 2. The van der Waals surface area contributed by atoms with E-state index in [-0.39, 0.29) is 0 Å². The zero-order valence-electron chi connectivity index (χ0n) is 11.9. The summed E-state index contributed by atoms with van der Waals surface area (Å²) in [5.41, 5.74) is 0.610. The van der Waals surface area contributed by atoms with Gasteiger partial charge in [-0.05, 0) is 36.6 Å². The van der Waals surface area contributed by atoms with Crippen LogP contribution in [0.4, 0.5) is 20.5 Å². The third-order valence-electron chi connectivity index (χ3n) is 2.83. The minimum Gasteiger partial charge on any atom is -0.370 e. The van der Waals surface area contributed by atoms with Crippen LogP contribution < -0.4 is 10.6 Å². The normalized spacial score (nSPS) is 10.4. The van der Waals surface area contributed by atoms with Gasteiger partial charge in [0, 0.05) is 25.4 Å². The van der Waals surface area contributed by atoms with Crippen molar-refractivity contribution in [2.24, 2.45) is 0 Å². The first-order valence-electron chi connectivity index (χ1n) is 6.93. The molecule has 0 bridgehead atoms. The van der Waals surface area contributed by atoms with Crippen molar-refractivity contribution in [3.63, 3.8) is 0 Å². The fourth-order valence-corrected chi connectivity index (χ4v) is 1.87. The lowest BCUT2D eigenvalue weighted by atomic mass is 10.1. The highest BCUT2D eigenvalue weighted by atomic mass is 19.1. The minimum absolute atomic E-state index is 0.510. The second-order valence-electron chi connectivity index (χ2n) is 4.65. The maximum absolute atomic E-state index is 13.1. The van der Waals surface area contributed by atoms with E-state index in [1.165, 1.54) is 12.1 Å². The highest BCUT2D eigenvalue weighted by molar-refractivity contribution is 5.39. The van der Waals surface area contributed by atoms with E-state index in [0.29, 0.717) is 30.3 Å². The molecule has 2 rings (SSSR count). The van der Waals surface area contributed by atoms with Crippen LogP contribution in [-0.4, -0.2) is 23.1 Å². The van der Waals surface area contributed by atoms with Gasteiger partial charge < -0.3 is 10.6 Å². The molecule has 21 heavy (non-hydrogen) atoms. The lowest BCUT2D eigenvalue weighted by Crippen LogP contribution is -2.09. The first kappa shape index (κ1) is 15.2. The molecular weight excluding hydrogens is 274 g/mol. The monoisotopic (exact) mass is 292 g/mol. The first-order valence-corrected chi connectivity index (χ1v) is 6.93. The summed E-state index contributed by atoms with van der Waals surface area (Å²) < 4.78 is 26.1. The van der Waals surface area contributed by atoms with Crippen LogP contribution in [0.2, 0.25) is 0 Å². The van der Waals surface area contributed by atoms with Crippen molar-refractivity contribution in [3.05, 3.63) is 47.7 Å². The Morgan fingerprint density at radius 1 is 1.05 bits per heavy atom. The second-order valence-corrected chi connectivity index (χ2v) is 4.65. The number of hydrogen-bond donors (Lipinski definition) is 2. The van der Waals surface area contributed by atoms with Crippen molar-refractivity contribution in [1.82, 2.24) is 9.97 Å². The lowest BCUT2D eigenvalue weighted by molar-refractivity contribution is 0.580. The van der Waals surface area contributed by atoms with Crippen LogP contribution in [0.15, 0.2) is 30.5 Å². The van der Waals surface area contributed by atoms with Crippen LogP contribution in [0, 0.1) is 11.6 Å². The van der Waals surface area contributed by atoms with E-state index in [2.05, 4.69) is 27.5 Å². The fourth-order valence-electron chi connectivity index (χ4n) is 1.87. The Balaban J connectivity index is 1.88. The molecule has 2 N–H and O–H groups in total. The molecule has 0 aliphatic heterocycles. The molecule has 0 aliphatic rings. The molecule has 0 fully saturated rings. The largest absolute Gasteiger partial charge is 0.370 e. The van der Waals surface area contributed by atoms with Crippen molar-refractivity contribution in [1.29, 1.82) is 0 Å². The van der Waals surface area contributed by atoms with E-state index in [0.717, 1.165) is 19.0 Å². The van der Waals surface area contributed by atoms with Crippen molar-refractivity contribution in [2.45, 2.75) is 19.8 Å². The molecule has 0 atom stereocenters. The van der Waals surface area contributed by atoms with Crippen LogP contribution in [0.25, 0.3) is 0 Å². The molecule has 6 heteroatoms. The van der Waals surface area contributed by atoms with E-state index >= 15 is 0 Å². The number of benzene rings is 1. The predicted octanol–water partition coefficient (Wildman–Crippen LogP) is 3.23. The first-order chi connectivity index (χ1) is 10.2. The molecule has 4 nitrogen and oxygen atoms in total. The molecule has 0 aliphatic carbocycles. The average molecular weight is 292 g/mol. The van der Waals surface area contributed by atoms with Gasteiger partial charge in [0.25, 0.3) is 0 Å². The van der Waals surface area contributed by atoms with Gasteiger partial charge in [0.1, 0.15) is 17.5 Å². The van der Waals surface area contributed by atoms with Gasteiger partial charge in [-0.1, -0.05) is 6.92 Å². The van der Waals surface area contributed by atoms with Crippen molar-refractivity contribution in [2.75, 3.05) is 23.7 Å². The van der Waals surface area contributed by atoms with E-state index < -0.39 is 11.6 Å². The lowest BCUT2D eigenvalue weighted by Gasteiger charge is -2.08. The van der Waals surface area contributed by atoms with Crippen LogP contribution in [0.3, 0.4) is 0 Å². The van der Waals surface area contributed by atoms with Gasteiger partial charge in [0.05, 0.1) is 0 Å². The average Bonchev–Trinajstić information content (AvgIpc) is 2.44. The number of nitrogens with zero attached hydrogens (tertiary/aromatic N) is 2. The van der Waals surface area contributed by atoms with E-state index in [4.69, 9.17) is 0 Å². The maximum atomic E-state index is 13.1. The SMILES string of the molecule is CCCNc1nccc(NCCc2cc(F)cc(F)c2)n1. The molecule has 0 saturated heterocycles. The molecule has 0 unspecified atom stereocenters. The van der Waals surface area contributed by atoms with Crippen molar-refractivity contribution >= 4 is 11.8 Å². The quantitative estimate of drug-likeness (QED) is 0.822. The summed E-state index contributed by atoms with van der Waals surface area (Å²) in [6, 6.07) is 5.29. The maximum Gasteiger partial charge on any atom is 0.224 e. The number of hydrogen-bond acceptors (Lipinski definition) is 4. The third-order valence-corrected chi connectivity index (χ3v) is 2.83. The van der Waals surface area contributed by atoms with E-state index in [9.17, 15) is 8.78 Å². The van der Waals surface area contributed by atoms with Gasteiger partial charge >= 0.3 is 0 Å². The van der Waals surface area contributed by atoms with Crippen molar-refractivity contribution in [3.8, 4) is 0 Å². The van der Waals surface area contributed by atoms with Gasteiger partial charge in [-0.25, -0.2) is 13.8 Å². The highest BCUT2D eigenvalue weighted by Gasteiger charge is 2.02. The smallest absolute Gasteiger partial charge is 0.224 e. The summed E-state index contributed by atoms with van der Waals surface area (Å²) in [5.74, 6) is 0.135. The molecular formula is C15H18F2N4. The summed E-state index contributed by atoms with van der Waals surface area (Å²) in [5, 5.41) is 6.21. The highest BCUT2D eigenvalue weighted by Crippen LogP contribution is 2.10. The molecule has 0 amide bonds. The molecule has 0 saturated carbocycles. The summed E-state index contributed by atoms with van der Waals surface area (Å²) in [6.45, 7) is 3.41. The molecule has 0 radical (unpaired) electrons. The molecule has 1 aromatic carbocycles. The Labute approximate surface area is 122 Å². The third kappa shape index (κ3) is 4.98. The fraction of sp³-hybridized carbons (Fsp3) is 0.333. The minimum atomic E-state index is -0.557. The molecule has 112 valence electrons. The van der Waals surface area contributed by atoms with Gasteiger partial charge in [-0.3, -0.25) is 0 Å². The standard InChI is InChI=1S/C15H18F2N4/c1-2-5-19-15-20-7-4-14(21-15)18-6-3-11-8-12(16)10-13(17)9-11/h4,7-10H,2-3,5-6H2,1H3,(H2,18,19,20,21). The Morgan fingerprint density at radius 2 is 1.81 bits per heavy atom. The van der Waals surface area contributed by atoms with Gasteiger partial charge in [-0.2, -0.15) is 4.98 Å². The zero-order chi connectivity index (χ0) is 15.1. The summed E-state index contributed by atoms with van der Waals surface area (Å²) >= 11 is 0. The Bertz CT molecular complexity index is 569. The second kappa shape index (κ2) is 7.52. The Kier molecular flexibility index (Phi) is 5.43. The summed E-state index contributed by atoms with van der Waals surface area (Å²) in [7, 11) is 0. The van der Waals surface area contributed by atoms with Crippen LogP contribution in [0.1, 0.15) is 18.9 Å². The van der Waals surface area contributed by atoms with Gasteiger partial charge in [0.15, 0.2) is 0 Å². The van der Waals surface area contributed by atoms with E-state index in [1.807, 2.05) is 0 Å². The zero-order valence-corrected chi connectivity index (χ0v) is 11.9. The summed E-state index contributed by atoms with van der Waals surface area (Å²) in [4.78, 5) is 8.40. The molecule has 1 heterocycles. The van der Waals surface area contributed by atoms with Crippen LogP contribution >= 0.6 is 0 Å². The Morgan fingerprint density at radius 3 is 2.52 bits per heavy atom. The van der Waals surface area contributed by atoms with Crippen molar-refractivity contribution < 1.29 is 8.78 Å². The topological polar surface area (TPSA) is 49.8 Å². The van der Waals surface area contributed by atoms with Crippen LogP contribution in [-0.2, 0) is 6.42 Å². The number of halogens is 2. The Hall–Kier alpha value is -2.24. The summed E-state index contributed by atoms with van der Waals surface area (Å²) in [6.07, 6.45) is 3.16. The van der Waals surface area contributed by atoms with E-state index in [1.54, 1.807) is 12.3 Å². The number of nitrogens with one attached hydrogen (secondary N) is 2. The number of aromatic nitrogens is 2. The van der Waals surface area contributed by atoms with Gasteiger partial charge in [0.2, 0.25) is 5.95 Å². The molecule has 1 aromatic heterocycles. The van der Waals surface area contributed by atoms with Gasteiger partial charge in [-0.15, -0.1) is 0 Å². The molecule has 0 spiro atoms. The number of rotatable bonds is 7.